The van der Waals surface area contributed by atoms with Crippen molar-refractivity contribution in [1.82, 2.24) is 10.2 Å². The summed E-state index contributed by atoms with van der Waals surface area (Å²) in [5.74, 6) is 0.470. The van der Waals surface area contributed by atoms with E-state index in [9.17, 15) is 18.0 Å². The first kappa shape index (κ1) is 28.0. The predicted molar refractivity (Wildman–Crippen MR) is 136 cm³/mol. The molecule has 0 unspecified atom stereocenters. The number of amides is 2. The second-order valence-electron chi connectivity index (χ2n) is 8.66. The van der Waals surface area contributed by atoms with Crippen molar-refractivity contribution in [2.24, 2.45) is 5.92 Å². The third-order valence-electron chi connectivity index (χ3n) is 5.36. The zero-order valence-corrected chi connectivity index (χ0v) is 22.0. The van der Waals surface area contributed by atoms with Crippen LogP contribution in [-0.4, -0.2) is 64.7 Å². The van der Waals surface area contributed by atoms with Gasteiger partial charge in [-0.3, -0.25) is 13.9 Å². The molecular formula is C25H35N3O6S. The molecule has 9 nitrogen and oxygen atoms in total. The zero-order chi connectivity index (χ0) is 26.2. The number of ether oxygens (including phenoxy) is 2. The highest BCUT2D eigenvalue weighted by Gasteiger charge is 2.30. The van der Waals surface area contributed by atoms with Gasteiger partial charge in [0, 0.05) is 19.2 Å². The maximum Gasteiger partial charge on any atom is 0.244 e. The van der Waals surface area contributed by atoms with E-state index in [1.54, 1.807) is 56.5 Å². The first-order valence-corrected chi connectivity index (χ1v) is 13.1. The van der Waals surface area contributed by atoms with Gasteiger partial charge in [0.1, 0.15) is 24.1 Å². The summed E-state index contributed by atoms with van der Waals surface area (Å²) in [7, 11) is -0.794. The van der Waals surface area contributed by atoms with Crippen molar-refractivity contribution in [3.8, 4) is 11.5 Å². The van der Waals surface area contributed by atoms with Crippen LogP contribution in [0.1, 0.15) is 26.3 Å². The summed E-state index contributed by atoms with van der Waals surface area (Å²) in [4.78, 5) is 27.8. The molecule has 0 radical (unpaired) electrons. The highest BCUT2D eigenvalue weighted by atomic mass is 32.2. The van der Waals surface area contributed by atoms with Gasteiger partial charge in [-0.1, -0.05) is 32.0 Å². The van der Waals surface area contributed by atoms with Crippen molar-refractivity contribution in [2.75, 3.05) is 37.9 Å². The van der Waals surface area contributed by atoms with Gasteiger partial charge < -0.3 is 19.7 Å². The first-order valence-electron chi connectivity index (χ1n) is 11.3. The van der Waals surface area contributed by atoms with Crippen LogP contribution in [0.3, 0.4) is 0 Å². The van der Waals surface area contributed by atoms with Gasteiger partial charge in [-0.05, 0) is 42.7 Å². The van der Waals surface area contributed by atoms with Crippen LogP contribution in [0.15, 0.2) is 48.5 Å². The smallest absolute Gasteiger partial charge is 0.244 e. The van der Waals surface area contributed by atoms with E-state index in [2.05, 4.69) is 5.32 Å². The minimum Gasteiger partial charge on any atom is -0.497 e. The van der Waals surface area contributed by atoms with Crippen LogP contribution < -0.4 is 19.1 Å². The number of nitrogens with one attached hydrogen (secondary N) is 1. The minimum atomic E-state index is -3.81. The van der Waals surface area contributed by atoms with E-state index in [0.717, 1.165) is 16.1 Å². The van der Waals surface area contributed by atoms with Crippen molar-refractivity contribution >= 4 is 27.5 Å². The molecule has 35 heavy (non-hydrogen) atoms. The number of sulfonamides is 1. The Kier molecular flexibility index (Phi) is 9.94. The van der Waals surface area contributed by atoms with Gasteiger partial charge in [-0.25, -0.2) is 8.42 Å². The molecule has 0 saturated heterocycles. The molecule has 1 N–H and O–H groups in total. The maximum absolute atomic E-state index is 13.5. The van der Waals surface area contributed by atoms with Crippen LogP contribution in [0.2, 0.25) is 0 Å². The zero-order valence-electron chi connectivity index (χ0n) is 21.1. The van der Waals surface area contributed by atoms with Crippen LogP contribution in [0.4, 0.5) is 5.69 Å². The molecule has 2 amide bonds. The molecule has 2 aromatic carbocycles. The molecule has 0 bridgehead atoms. The van der Waals surface area contributed by atoms with E-state index < -0.39 is 28.5 Å². The van der Waals surface area contributed by atoms with Crippen molar-refractivity contribution < 1.29 is 27.5 Å². The summed E-state index contributed by atoms with van der Waals surface area (Å²) in [5, 5.41) is 2.85. The topological polar surface area (TPSA) is 105 Å². The highest BCUT2D eigenvalue weighted by Crippen LogP contribution is 2.24. The number of benzene rings is 2. The minimum absolute atomic E-state index is 0.0992. The quantitative estimate of drug-likeness (QED) is 0.476. The monoisotopic (exact) mass is 505 g/mol. The number of carbonyl (C=O) groups excluding carboxylic acids is 2. The fourth-order valence-electron chi connectivity index (χ4n) is 3.38. The Labute approximate surface area is 208 Å². The Morgan fingerprint density at radius 3 is 2.14 bits per heavy atom. The number of carbonyl (C=O) groups is 2. The summed E-state index contributed by atoms with van der Waals surface area (Å²) < 4.78 is 36.8. The van der Waals surface area contributed by atoms with Crippen molar-refractivity contribution in [1.29, 1.82) is 0 Å². The van der Waals surface area contributed by atoms with Gasteiger partial charge in [-0.2, -0.15) is 0 Å². The van der Waals surface area contributed by atoms with E-state index in [0.29, 0.717) is 23.7 Å². The van der Waals surface area contributed by atoms with Crippen LogP contribution in [0.25, 0.3) is 0 Å². The van der Waals surface area contributed by atoms with Gasteiger partial charge >= 0.3 is 0 Å². The molecule has 10 heteroatoms. The molecule has 2 rings (SSSR count). The van der Waals surface area contributed by atoms with Crippen LogP contribution in [-0.2, 0) is 26.2 Å². The molecule has 0 aliphatic carbocycles. The summed E-state index contributed by atoms with van der Waals surface area (Å²) in [5.41, 5.74) is 1.03. The summed E-state index contributed by atoms with van der Waals surface area (Å²) >= 11 is 0. The molecule has 0 fully saturated rings. The number of rotatable bonds is 12. The fraction of sp³-hybridized carbons (Fsp3) is 0.440. The van der Waals surface area contributed by atoms with Gasteiger partial charge in [0.2, 0.25) is 21.8 Å². The Bertz CT molecular complexity index is 1120. The molecule has 0 aliphatic heterocycles. The van der Waals surface area contributed by atoms with Gasteiger partial charge in [0.15, 0.2) is 0 Å². The molecule has 0 aromatic heterocycles. The Hall–Kier alpha value is -3.27. The second kappa shape index (κ2) is 12.4. The summed E-state index contributed by atoms with van der Waals surface area (Å²) in [6, 6.07) is 12.8. The Balaban J connectivity index is 2.39. The average molecular weight is 506 g/mol. The van der Waals surface area contributed by atoms with Gasteiger partial charge in [0.05, 0.1) is 26.2 Å². The molecule has 0 saturated carbocycles. The first-order chi connectivity index (χ1) is 16.5. The Morgan fingerprint density at radius 2 is 1.57 bits per heavy atom. The third-order valence-corrected chi connectivity index (χ3v) is 6.50. The lowest BCUT2D eigenvalue weighted by Gasteiger charge is -2.31. The lowest BCUT2D eigenvalue weighted by atomic mass is 10.1. The lowest BCUT2D eigenvalue weighted by Crippen LogP contribution is -2.51. The largest absolute Gasteiger partial charge is 0.497 e. The van der Waals surface area contributed by atoms with Gasteiger partial charge in [0.25, 0.3) is 0 Å². The standard InChI is InChI=1S/C25H35N3O6S/c1-18(2)15-26-25(30)19(3)27(16-20-9-7-11-22(13-20)33-4)24(29)17-28(35(6,31)32)21-10-8-12-23(14-21)34-5/h7-14,18-19H,15-17H2,1-6H3,(H,26,30)/t19-/m0/s1. The molecule has 0 heterocycles. The van der Waals surface area contributed by atoms with Crippen LogP contribution in [0, 0.1) is 5.92 Å². The van der Waals surface area contributed by atoms with Crippen LogP contribution in [0.5, 0.6) is 11.5 Å². The normalized spacial score (nSPS) is 12.1. The van der Waals surface area contributed by atoms with E-state index in [-0.39, 0.29) is 18.4 Å². The van der Waals surface area contributed by atoms with Gasteiger partial charge in [-0.15, -0.1) is 0 Å². The van der Waals surface area contributed by atoms with E-state index >= 15 is 0 Å². The molecule has 0 aliphatic rings. The van der Waals surface area contributed by atoms with Crippen molar-refractivity contribution in [2.45, 2.75) is 33.4 Å². The number of methoxy groups -OCH3 is 2. The maximum atomic E-state index is 13.5. The summed E-state index contributed by atoms with van der Waals surface area (Å²) in [6.07, 6.45) is 1.03. The predicted octanol–water partition coefficient (Wildman–Crippen LogP) is 2.66. The van der Waals surface area contributed by atoms with E-state index in [4.69, 9.17) is 9.47 Å². The molecule has 192 valence electrons. The molecule has 0 spiro atoms. The number of hydrogen-bond acceptors (Lipinski definition) is 6. The van der Waals surface area contributed by atoms with Crippen molar-refractivity contribution in [3.05, 3.63) is 54.1 Å². The van der Waals surface area contributed by atoms with Crippen molar-refractivity contribution in [3.63, 3.8) is 0 Å². The highest BCUT2D eigenvalue weighted by molar-refractivity contribution is 7.92. The number of hydrogen-bond donors (Lipinski definition) is 1. The molecule has 1 atom stereocenters. The fourth-order valence-corrected chi connectivity index (χ4v) is 4.22. The third kappa shape index (κ3) is 8.17. The molecular weight excluding hydrogens is 470 g/mol. The van der Waals surface area contributed by atoms with E-state index in [1.807, 2.05) is 19.9 Å². The number of anilines is 1. The average Bonchev–Trinajstić information content (AvgIpc) is 2.83. The SMILES string of the molecule is COc1cccc(CN(C(=O)CN(c2cccc(OC)c2)S(C)(=O)=O)[C@@H](C)C(=O)NCC(C)C)c1. The molecule has 2 aromatic rings. The summed E-state index contributed by atoms with van der Waals surface area (Å²) in [6.45, 7) is 5.66. The Morgan fingerprint density at radius 1 is 0.971 bits per heavy atom. The van der Waals surface area contributed by atoms with E-state index in [1.165, 1.54) is 12.0 Å². The second-order valence-corrected chi connectivity index (χ2v) is 10.6. The number of nitrogens with zero attached hydrogens (tertiary/aromatic N) is 2. The lowest BCUT2D eigenvalue weighted by molar-refractivity contribution is -0.139. The van der Waals surface area contributed by atoms with Crippen LogP contribution >= 0.6 is 0 Å².